The Hall–Kier alpha value is -1.59. The van der Waals surface area contributed by atoms with Crippen LogP contribution in [0.25, 0.3) is 0 Å². The lowest BCUT2D eigenvalue weighted by atomic mass is 10.4. The van der Waals surface area contributed by atoms with Gasteiger partial charge in [0.05, 0.1) is 6.61 Å². The molecular weight excluding hydrogens is 190 g/mol. The predicted octanol–water partition coefficient (Wildman–Crippen LogP) is 0.466. The number of imide groups is 1. The molecule has 0 aromatic carbocycles. The molecule has 80 valence electrons. The molecule has 6 heteroatoms. The van der Waals surface area contributed by atoms with E-state index in [0.29, 0.717) is 0 Å². The smallest absolute Gasteiger partial charge is 0.416 e. The van der Waals surface area contributed by atoms with Crippen LogP contribution in [0, 0.1) is 0 Å². The molecule has 0 fully saturated rings. The molecule has 6 nitrogen and oxygen atoms in total. The molecule has 0 radical (unpaired) electrons. The van der Waals surface area contributed by atoms with Gasteiger partial charge in [0.1, 0.15) is 6.42 Å². The van der Waals surface area contributed by atoms with Gasteiger partial charge in [0.25, 0.3) is 0 Å². The standard InChI is InChI=1S/C8H13NO5/c1-3-9(8(13)14-4-2)6(10)5-7(11)12/h3-5H2,1-2H3,(H,11,12). The van der Waals surface area contributed by atoms with Crippen LogP contribution in [0.15, 0.2) is 0 Å². The first-order valence-electron chi connectivity index (χ1n) is 4.21. The van der Waals surface area contributed by atoms with Gasteiger partial charge in [-0.25, -0.2) is 9.69 Å². The first-order chi connectivity index (χ1) is 6.52. The Bertz CT molecular complexity index is 238. The number of carboxylic acid groups (broad SMARTS) is 1. The zero-order valence-corrected chi connectivity index (χ0v) is 8.15. The maximum absolute atomic E-state index is 11.1. The van der Waals surface area contributed by atoms with Gasteiger partial charge in [0, 0.05) is 6.54 Å². The highest BCUT2D eigenvalue weighted by Gasteiger charge is 2.22. The molecular formula is C8H13NO5. The first-order valence-corrected chi connectivity index (χ1v) is 4.21. The topological polar surface area (TPSA) is 83.9 Å². The second kappa shape index (κ2) is 5.95. The van der Waals surface area contributed by atoms with Crippen molar-refractivity contribution < 1.29 is 24.2 Å². The molecule has 14 heavy (non-hydrogen) atoms. The van der Waals surface area contributed by atoms with Gasteiger partial charge >= 0.3 is 12.1 Å². The fraction of sp³-hybridized carbons (Fsp3) is 0.625. The van der Waals surface area contributed by atoms with Gasteiger partial charge < -0.3 is 9.84 Å². The highest BCUT2D eigenvalue weighted by Crippen LogP contribution is 1.98. The van der Waals surface area contributed by atoms with Crippen LogP contribution in [-0.2, 0) is 14.3 Å². The zero-order chi connectivity index (χ0) is 11.1. The largest absolute Gasteiger partial charge is 0.481 e. The van der Waals surface area contributed by atoms with E-state index in [4.69, 9.17) is 5.11 Å². The number of nitrogens with zero attached hydrogens (tertiary/aromatic N) is 1. The predicted molar refractivity (Wildman–Crippen MR) is 46.7 cm³/mol. The van der Waals surface area contributed by atoms with Crippen LogP contribution in [0.2, 0.25) is 0 Å². The molecule has 2 amide bonds. The summed E-state index contributed by atoms with van der Waals surface area (Å²) in [6, 6.07) is 0. The highest BCUT2D eigenvalue weighted by atomic mass is 16.6. The van der Waals surface area contributed by atoms with E-state index < -0.39 is 24.4 Å². The summed E-state index contributed by atoms with van der Waals surface area (Å²) in [6.07, 6.45) is -1.51. The van der Waals surface area contributed by atoms with Gasteiger partial charge in [-0.2, -0.15) is 0 Å². The van der Waals surface area contributed by atoms with Crippen molar-refractivity contribution in [1.82, 2.24) is 4.90 Å². The number of amides is 2. The molecule has 0 unspecified atom stereocenters. The zero-order valence-electron chi connectivity index (χ0n) is 8.15. The van der Waals surface area contributed by atoms with E-state index >= 15 is 0 Å². The molecule has 0 aliphatic rings. The molecule has 0 aliphatic heterocycles. The maximum Gasteiger partial charge on any atom is 0.416 e. The molecule has 0 aliphatic carbocycles. The Balaban J connectivity index is 4.32. The third-order valence-corrected chi connectivity index (χ3v) is 1.41. The summed E-state index contributed by atoms with van der Waals surface area (Å²) >= 11 is 0. The minimum Gasteiger partial charge on any atom is -0.481 e. The van der Waals surface area contributed by atoms with Crippen molar-refractivity contribution in [2.45, 2.75) is 20.3 Å². The number of aliphatic carboxylic acids is 1. The number of carbonyl (C=O) groups is 3. The molecule has 0 bridgehead atoms. The van der Waals surface area contributed by atoms with E-state index in [1.807, 2.05) is 0 Å². The summed E-state index contributed by atoms with van der Waals surface area (Å²) in [5, 5.41) is 8.34. The van der Waals surface area contributed by atoms with Crippen LogP contribution in [0.4, 0.5) is 4.79 Å². The van der Waals surface area contributed by atoms with Crippen molar-refractivity contribution in [2.75, 3.05) is 13.2 Å². The fourth-order valence-corrected chi connectivity index (χ4v) is 0.833. The molecule has 0 heterocycles. The lowest BCUT2D eigenvalue weighted by Gasteiger charge is -2.16. The van der Waals surface area contributed by atoms with Crippen molar-refractivity contribution in [2.24, 2.45) is 0 Å². The third-order valence-electron chi connectivity index (χ3n) is 1.41. The van der Waals surface area contributed by atoms with Gasteiger partial charge in [-0.05, 0) is 13.8 Å². The van der Waals surface area contributed by atoms with Gasteiger partial charge in [-0.1, -0.05) is 0 Å². The number of carbonyl (C=O) groups excluding carboxylic acids is 2. The van der Waals surface area contributed by atoms with Crippen molar-refractivity contribution in [3.05, 3.63) is 0 Å². The van der Waals surface area contributed by atoms with Gasteiger partial charge in [0.2, 0.25) is 5.91 Å². The van der Waals surface area contributed by atoms with Crippen LogP contribution in [0.1, 0.15) is 20.3 Å². The Morgan fingerprint density at radius 3 is 2.21 bits per heavy atom. The van der Waals surface area contributed by atoms with Gasteiger partial charge in [-0.15, -0.1) is 0 Å². The molecule has 0 rings (SSSR count). The molecule has 0 saturated carbocycles. The van der Waals surface area contributed by atoms with E-state index in [0.717, 1.165) is 4.90 Å². The number of hydrogen-bond donors (Lipinski definition) is 1. The Morgan fingerprint density at radius 1 is 1.29 bits per heavy atom. The van der Waals surface area contributed by atoms with Gasteiger partial charge in [0.15, 0.2) is 0 Å². The average molecular weight is 203 g/mol. The van der Waals surface area contributed by atoms with E-state index in [1.165, 1.54) is 0 Å². The molecule has 1 N–H and O–H groups in total. The van der Waals surface area contributed by atoms with E-state index in [2.05, 4.69) is 4.74 Å². The summed E-state index contributed by atoms with van der Waals surface area (Å²) in [5.74, 6) is -2.03. The van der Waals surface area contributed by atoms with Crippen molar-refractivity contribution in [1.29, 1.82) is 0 Å². The van der Waals surface area contributed by atoms with E-state index in [-0.39, 0.29) is 13.2 Å². The number of rotatable bonds is 4. The number of carboxylic acids is 1. The molecule has 0 aromatic heterocycles. The summed E-state index contributed by atoms with van der Waals surface area (Å²) in [5.41, 5.74) is 0. The minimum atomic E-state index is -1.27. The van der Waals surface area contributed by atoms with E-state index in [1.54, 1.807) is 13.8 Å². The Kier molecular flexibility index (Phi) is 5.28. The molecule has 0 saturated heterocycles. The average Bonchev–Trinajstić information content (AvgIpc) is 2.04. The summed E-state index contributed by atoms with van der Waals surface area (Å²) in [4.78, 5) is 33.2. The van der Waals surface area contributed by atoms with Crippen molar-refractivity contribution in [3.8, 4) is 0 Å². The Labute approximate surface area is 81.4 Å². The normalized spacial score (nSPS) is 9.29. The highest BCUT2D eigenvalue weighted by molar-refractivity contribution is 6.00. The Morgan fingerprint density at radius 2 is 1.86 bits per heavy atom. The van der Waals surface area contributed by atoms with Crippen LogP contribution < -0.4 is 0 Å². The maximum atomic E-state index is 11.1. The molecule has 0 spiro atoms. The van der Waals surface area contributed by atoms with Crippen molar-refractivity contribution in [3.63, 3.8) is 0 Å². The summed E-state index contributed by atoms with van der Waals surface area (Å²) < 4.78 is 4.57. The molecule has 0 atom stereocenters. The van der Waals surface area contributed by atoms with Crippen LogP contribution >= 0.6 is 0 Å². The number of ether oxygens (including phenoxy) is 1. The lowest BCUT2D eigenvalue weighted by Crippen LogP contribution is -2.38. The summed E-state index contributed by atoms with van der Waals surface area (Å²) in [7, 11) is 0. The quantitative estimate of drug-likeness (QED) is 0.671. The fourth-order valence-electron chi connectivity index (χ4n) is 0.833. The third kappa shape index (κ3) is 3.88. The number of hydrogen-bond acceptors (Lipinski definition) is 4. The van der Waals surface area contributed by atoms with Gasteiger partial charge in [-0.3, -0.25) is 9.59 Å². The summed E-state index contributed by atoms with van der Waals surface area (Å²) in [6.45, 7) is 3.42. The monoisotopic (exact) mass is 203 g/mol. The second-order valence-electron chi connectivity index (χ2n) is 2.41. The minimum absolute atomic E-state index is 0.102. The molecule has 0 aromatic rings. The van der Waals surface area contributed by atoms with Crippen molar-refractivity contribution >= 4 is 18.0 Å². The van der Waals surface area contributed by atoms with E-state index in [9.17, 15) is 14.4 Å². The second-order valence-corrected chi connectivity index (χ2v) is 2.41. The first kappa shape index (κ1) is 12.4. The lowest BCUT2D eigenvalue weighted by molar-refractivity contribution is -0.143. The van der Waals surface area contributed by atoms with Crippen LogP contribution in [0.3, 0.4) is 0 Å². The van der Waals surface area contributed by atoms with Crippen LogP contribution in [-0.4, -0.2) is 41.1 Å². The SMILES string of the molecule is CCOC(=O)N(CC)C(=O)CC(=O)O. The van der Waals surface area contributed by atoms with Crippen LogP contribution in [0.5, 0.6) is 0 Å².